The van der Waals surface area contributed by atoms with Crippen molar-refractivity contribution in [2.75, 3.05) is 0 Å². The summed E-state index contributed by atoms with van der Waals surface area (Å²) in [6, 6.07) is 48.7. The summed E-state index contributed by atoms with van der Waals surface area (Å²) in [6.07, 6.45) is 0. The predicted octanol–water partition coefficient (Wildman–Crippen LogP) is 5.75. The third-order valence-corrected chi connectivity index (χ3v) is 11.4. The number of benzene rings is 7. The van der Waals surface area contributed by atoms with Gasteiger partial charge in [-0.15, -0.1) is 0 Å². The van der Waals surface area contributed by atoms with Gasteiger partial charge in [-0.25, -0.2) is 0 Å². The van der Waals surface area contributed by atoms with Crippen molar-refractivity contribution in [1.82, 2.24) is 9.13 Å². The lowest BCUT2D eigenvalue weighted by atomic mass is 9.34. The number of hydrogen-bond donors (Lipinski definition) is 0. The number of aromatic nitrogens is 2. The van der Waals surface area contributed by atoms with Crippen LogP contribution in [0.25, 0.3) is 55.0 Å². The van der Waals surface area contributed by atoms with Gasteiger partial charge in [0, 0.05) is 32.9 Å². The second-order valence-corrected chi connectivity index (χ2v) is 13.6. The maximum atomic E-state index is 6.61. The number of rotatable bonds is 0. The zero-order chi connectivity index (χ0) is 30.8. The molecule has 0 unspecified atom stereocenters. The van der Waals surface area contributed by atoms with Crippen LogP contribution in [0.2, 0.25) is 0 Å². The van der Waals surface area contributed by atoms with E-state index in [1.807, 2.05) is 0 Å². The molecule has 7 aromatic carbocycles. The molecular formula is C42H22B2N2O2. The first-order valence-corrected chi connectivity index (χ1v) is 16.7. The first kappa shape index (κ1) is 24.1. The smallest absolute Gasteiger partial charge is 0.256 e. The Morgan fingerprint density at radius 1 is 0.375 bits per heavy atom. The Labute approximate surface area is 275 Å². The van der Waals surface area contributed by atoms with Crippen molar-refractivity contribution in [2.45, 2.75) is 0 Å². The predicted molar refractivity (Wildman–Crippen MR) is 197 cm³/mol. The van der Waals surface area contributed by atoms with Crippen LogP contribution in [0.15, 0.2) is 133 Å². The van der Waals surface area contributed by atoms with E-state index >= 15 is 0 Å². The van der Waals surface area contributed by atoms with Crippen molar-refractivity contribution in [2.24, 2.45) is 0 Å². The molecule has 2 aromatic heterocycles. The summed E-state index contributed by atoms with van der Waals surface area (Å²) in [5.41, 5.74) is 15.0. The monoisotopic (exact) mass is 608 g/mol. The minimum Gasteiger partial charge on any atom is -0.458 e. The molecule has 6 heteroatoms. The zero-order valence-electron chi connectivity index (χ0n) is 25.6. The van der Waals surface area contributed by atoms with Crippen LogP contribution in [-0.4, -0.2) is 22.6 Å². The average molecular weight is 608 g/mol. The topological polar surface area (TPSA) is 28.3 Å². The van der Waals surface area contributed by atoms with E-state index in [1.165, 1.54) is 87.8 Å². The Kier molecular flexibility index (Phi) is 4.04. The summed E-state index contributed by atoms with van der Waals surface area (Å²) in [6.45, 7) is 0.240. The normalized spacial score (nSPS) is 14.1. The SMILES string of the molecule is c1ccc2c(c1)Oc1ccc3c4cc5c(cc4n4c3c1B2c1ccccc1-4)c1ccc2c3c1n5-c1ccccc1B3c1ccccc1O2. The van der Waals surface area contributed by atoms with Gasteiger partial charge < -0.3 is 18.6 Å². The van der Waals surface area contributed by atoms with Gasteiger partial charge in [0.05, 0.1) is 22.1 Å². The van der Waals surface area contributed by atoms with E-state index in [4.69, 9.17) is 9.47 Å². The molecule has 0 radical (unpaired) electrons. The van der Waals surface area contributed by atoms with Gasteiger partial charge in [0.2, 0.25) is 0 Å². The fraction of sp³-hybridized carbons (Fsp3) is 0. The molecule has 218 valence electrons. The summed E-state index contributed by atoms with van der Waals surface area (Å²) in [7, 11) is 0. The van der Waals surface area contributed by atoms with E-state index in [1.54, 1.807) is 0 Å². The van der Waals surface area contributed by atoms with Gasteiger partial charge in [0.15, 0.2) is 0 Å². The fourth-order valence-corrected chi connectivity index (χ4v) is 9.64. The van der Waals surface area contributed by atoms with Crippen molar-refractivity contribution in [3.63, 3.8) is 0 Å². The maximum absolute atomic E-state index is 6.61. The highest BCUT2D eigenvalue weighted by Crippen LogP contribution is 2.43. The molecule has 0 bridgehead atoms. The summed E-state index contributed by atoms with van der Waals surface area (Å²) in [5.74, 6) is 3.79. The van der Waals surface area contributed by atoms with E-state index in [0.29, 0.717) is 0 Å². The molecule has 48 heavy (non-hydrogen) atoms. The first-order valence-electron chi connectivity index (χ1n) is 16.7. The quantitative estimate of drug-likeness (QED) is 0.205. The van der Waals surface area contributed by atoms with Gasteiger partial charge in [-0.2, -0.15) is 0 Å². The van der Waals surface area contributed by atoms with E-state index in [-0.39, 0.29) is 13.4 Å². The number of hydrogen-bond acceptors (Lipinski definition) is 2. The van der Waals surface area contributed by atoms with E-state index in [9.17, 15) is 0 Å². The third kappa shape index (κ3) is 2.61. The molecule has 0 aliphatic carbocycles. The lowest BCUT2D eigenvalue weighted by Crippen LogP contribution is -2.58. The summed E-state index contributed by atoms with van der Waals surface area (Å²) in [4.78, 5) is 0. The minimum atomic E-state index is 0.120. The molecule has 4 nitrogen and oxygen atoms in total. The molecule has 4 aliphatic heterocycles. The molecule has 0 N–H and O–H groups in total. The maximum Gasteiger partial charge on any atom is 0.256 e. The molecule has 6 heterocycles. The van der Waals surface area contributed by atoms with Crippen LogP contribution < -0.4 is 42.3 Å². The zero-order valence-corrected chi connectivity index (χ0v) is 25.6. The molecule has 0 amide bonds. The Morgan fingerprint density at radius 2 is 0.792 bits per heavy atom. The third-order valence-electron chi connectivity index (χ3n) is 11.4. The number of fused-ring (bicyclic) bond motifs is 16. The summed E-state index contributed by atoms with van der Waals surface area (Å²) < 4.78 is 18.2. The second-order valence-electron chi connectivity index (χ2n) is 13.6. The number of nitrogens with zero attached hydrogens (tertiary/aromatic N) is 2. The highest BCUT2D eigenvalue weighted by Gasteiger charge is 2.42. The summed E-state index contributed by atoms with van der Waals surface area (Å²) in [5, 5.41) is 5.02. The molecule has 0 saturated heterocycles. The van der Waals surface area contributed by atoms with Crippen molar-refractivity contribution in [1.29, 1.82) is 0 Å². The highest BCUT2D eigenvalue weighted by molar-refractivity contribution is 7.00. The molecule has 0 saturated carbocycles. The van der Waals surface area contributed by atoms with Crippen LogP contribution in [-0.2, 0) is 0 Å². The standard InChI is InChI=1S/C42H22B2N2O2/c1-5-13-31-27(9-1)43-29-11-3-7-15-35(29)47-37-19-17-23-25-22-34-26(21-33(25)45(31)41(23)39(37)43)24-18-20-38-40-42(24)46(34)32-14-6-2-10-28(32)44(40)30-12-4-8-16-36(30)48-38/h1-22H. The Balaban J connectivity index is 1.20. The summed E-state index contributed by atoms with van der Waals surface area (Å²) >= 11 is 0. The molecule has 0 fully saturated rings. The molecular weight excluding hydrogens is 586 g/mol. The van der Waals surface area contributed by atoms with Gasteiger partial charge in [0.1, 0.15) is 23.0 Å². The van der Waals surface area contributed by atoms with E-state index in [0.717, 1.165) is 23.0 Å². The van der Waals surface area contributed by atoms with Crippen molar-refractivity contribution in [3.8, 4) is 34.4 Å². The van der Waals surface area contributed by atoms with Gasteiger partial charge in [-0.1, -0.05) is 72.8 Å². The average Bonchev–Trinajstić information content (AvgIpc) is 3.65. The van der Waals surface area contributed by atoms with Crippen molar-refractivity contribution >= 4 is 89.8 Å². The Hall–Kier alpha value is -6.13. The van der Waals surface area contributed by atoms with Gasteiger partial charge in [-0.3, -0.25) is 0 Å². The molecule has 0 atom stereocenters. The largest absolute Gasteiger partial charge is 0.458 e. The van der Waals surface area contributed by atoms with Crippen LogP contribution in [0.5, 0.6) is 23.0 Å². The van der Waals surface area contributed by atoms with Crippen LogP contribution in [0.3, 0.4) is 0 Å². The fourth-order valence-electron chi connectivity index (χ4n) is 9.64. The molecule has 9 aromatic rings. The van der Waals surface area contributed by atoms with E-state index in [2.05, 4.69) is 143 Å². The van der Waals surface area contributed by atoms with Crippen molar-refractivity contribution < 1.29 is 9.47 Å². The van der Waals surface area contributed by atoms with Gasteiger partial charge in [0.25, 0.3) is 13.4 Å². The van der Waals surface area contributed by atoms with Crippen LogP contribution in [0.4, 0.5) is 0 Å². The Morgan fingerprint density at radius 3 is 1.27 bits per heavy atom. The molecule has 13 rings (SSSR count). The second kappa shape index (κ2) is 8.04. The molecule has 0 spiro atoms. The van der Waals surface area contributed by atoms with Crippen molar-refractivity contribution in [3.05, 3.63) is 133 Å². The first-order chi connectivity index (χ1) is 23.8. The molecule has 4 aliphatic rings. The van der Waals surface area contributed by atoms with E-state index < -0.39 is 0 Å². The highest BCUT2D eigenvalue weighted by atomic mass is 16.5. The minimum absolute atomic E-state index is 0.120. The van der Waals surface area contributed by atoms with Crippen LogP contribution >= 0.6 is 0 Å². The van der Waals surface area contributed by atoms with Crippen LogP contribution in [0.1, 0.15) is 0 Å². The van der Waals surface area contributed by atoms with Gasteiger partial charge in [-0.05, 0) is 93.4 Å². The Bertz CT molecular complexity index is 2790. The van der Waals surface area contributed by atoms with Gasteiger partial charge >= 0.3 is 0 Å². The number of ether oxygens (including phenoxy) is 2. The lowest BCUT2D eigenvalue weighted by Gasteiger charge is -2.32. The number of para-hydroxylation sites is 4. The van der Waals surface area contributed by atoms with Crippen LogP contribution in [0, 0.1) is 0 Å². The lowest BCUT2D eigenvalue weighted by molar-refractivity contribution is 0.487.